The van der Waals surface area contributed by atoms with Crippen molar-refractivity contribution in [2.75, 3.05) is 50.4 Å². The zero-order chi connectivity index (χ0) is 28.4. The molecular formula is C26H28N6O6S. The fourth-order valence-corrected chi connectivity index (χ4v) is 3.53. The third-order valence-corrected chi connectivity index (χ3v) is 5.92. The van der Waals surface area contributed by atoms with Crippen LogP contribution < -0.4 is 9.91 Å². The van der Waals surface area contributed by atoms with E-state index in [0.717, 1.165) is 9.78 Å². The molecule has 13 heteroatoms. The fraction of sp³-hybridized carbons (Fsp3) is 0.269. The van der Waals surface area contributed by atoms with Crippen molar-refractivity contribution >= 4 is 47.5 Å². The van der Waals surface area contributed by atoms with Gasteiger partial charge in [0.2, 0.25) is 0 Å². The number of aromatic carboxylic acids is 1. The van der Waals surface area contributed by atoms with Gasteiger partial charge in [-0.25, -0.2) is 4.79 Å². The summed E-state index contributed by atoms with van der Waals surface area (Å²) in [6.45, 7) is 2.18. The number of aromatic amines is 1. The van der Waals surface area contributed by atoms with Gasteiger partial charge in [0.15, 0.2) is 16.4 Å². The van der Waals surface area contributed by atoms with Crippen LogP contribution in [-0.2, 0) is 21.3 Å². The van der Waals surface area contributed by atoms with Gasteiger partial charge in [0.25, 0.3) is 5.91 Å². The summed E-state index contributed by atoms with van der Waals surface area (Å²) in [6, 6.07) is 11.0. The zero-order valence-corrected chi connectivity index (χ0v) is 22.5. The topological polar surface area (TPSA) is 149 Å². The Balaban J connectivity index is 0.000000520. The molecule has 0 saturated heterocycles. The van der Waals surface area contributed by atoms with Crippen LogP contribution in [0.5, 0.6) is 0 Å². The van der Waals surface area contributed by atoms with E-state index in [1.807, 2.05) is 35.0 Å². The molecule has 0 aliphatic carbocycles. The normalized spacial score (nSPS) is 13.6. The first-order valence-electron chi connectivity index (χ1n) is 11.7. The van der Waals surface area contributed by atoms with Crippen molar-refractivity contribution in [3.05, 3.63) is 70.5 Å². The molecule has 12 nitrogen and oxygen atoms in total. The Morgan fingerprint density at radius 2 is 1.87 bits per heavy atom. The molecule has 204 valence electrons. The average Bonchev–Trinajstić information content (AvgIpc) is 3.64. The summed E-state index contributed by atoms with van der Waals surface area (Å²) < 4.78 is 18.7. The number of rotatable bonds is 10. The molecule has 0 unspecified atom stereocenters. The van der Waals surface area contributed by atoms with Gasteiger partial charge in [-0.3, -0.25) is 4.79 Å². The summed E-state index contributed by atoms with van der Waals surface area (Å²) in [6.07, 6.45) is 5.15. The van der Waals surface area contributed by atoms with Gasteiger partial charge >= 0.3 is 5.97 Å². The number of amides is 1. The number of carbonyl (C=O) groups is 2. The summed E-state index contributed by atoms with van der Waals surface area (Å²) >= 11 is 4.79. The molecule has 39 heavy (non-hydrogen) atoms. The number of hydrogen-bond acceptors (Lipinski definition) is 9. The van der Waals surface area contributed by atoms with Crippen LogP contribution in [-0.4, -0.2) is 72.8 Å². The fourth-order valence-electron chi connectivity index (χ4n) is 3.40. The van der Waals surface area contributed by atoms with Gasteiger partial charge in [0.1, 0.15) is 11.8 Å². The maximum absolute atomic E-state index is 12.9. The van der Waals surface area contributed by atoms with Gasteiger partial charge < -0.3 is 33.4 Å². The lowest BCUT2D eigenvalue weighted by molar-refractivity contribution is -0.114. The zero-order valence-electron chi connectivity index (χ0n) is 21.7. The van der Waals surface area contributed by atoms with Crippen molar-refractivity contribution in [3.63, 3.8) is 0 Å². The molecule has 1 aromatic carbocycles. The second-order valence-electron chi connectivity index (χ2n) is 8.11. The van der Waals surface area contributed by atoms with Crippen molar-refractivity contribution in [3.8, 4) is 6.07 Å². The van der Waals surface area contributed by atoms with Gasteiger partial charge in [-0.1, -0.05) is 0 Å². The second kappa shape index (κ2) is 13.9. The Hall–Kier alpha value is -4.51. The Bertz CT molecular complexity index is 1440. The van der Waals surface area contributed by atoms with E-state index in [-0.39, 0.29) is 16.8 Å². The predicted molar refractivity (Wildman–Crippen MR) is 147 cm³/mol. The molecule has 0 saturated carbocycles. The van der Waals surface area contributed by atoms with Gasteiger partial charge in [-0.15, -0.1) is 0 Å². The van der Waals surface area contributed by atoms with E-state index >= 15 is 0 Å². The number of furan rings is 1. The van der Waals surface area contributed by atoms with Crippen LogP contribution in [0.2, 0.25) is 0 Å². The Labute approximate surface area is 230 Å². The van der Waals surface area contributed by atoms with E-state index in [9.17, 15) is 14.9 Å². The van der Waals surface area contributed by atoms with E-state index in [1.165, 1.54) is 30.3 Å². The van der Waals surface area contributed by atoms with Crippen LogP contribution in [0.4, 0.5) is 11.6 Å². The highest BCUT2D eigenvalue weighted by molar-refractivity contribution is 7.71. The Morgan fingerprint density at radius 1 is 1.21 bits per heavy atom. The number of imidazole rings is 1. The molecule has 3 aromatic rings. The number of carboxylic acids is 1. The molecule has 2 N–H and O–H groups in total. The van der Waals surface area contributed by atoms with Crippen molar-refractivity contribution in [1.29, 1.82) is 5.26 Å². The number of nitrogens with zero attached hydrogens (tertiary/aromatic N) is 5. The largest absolute Gasteiger partial charge is 0.478 e. The molecular weight excluding hydrogens is 524 g/mol. The number of H-pyrrole nitrogens is 1. The average molecular weight is 553 g/mol. The van der Waals surface area contributed by atoms with Gasteiger partial charge in [-0.2, -0.15) is 15.4 Å². The van der Waals surface area contributed by atoms with E-state index in [1.54, 1.807) is 26.4 Å². The summed E-state index contributed by atoms with van der Waals surface area (Å²) in [7, 11) is 5.13. The van der Waals surface area contributed by atoms with Crippen molar-refractivity contribution in [1.82, 2.24) is 9.55 Å². The highest BCUT2D eigenvalue weighted by atomic mass is 32.1. The summed E-state index contributed by atoms with van der Waals surface area (Å²) in [4.78, 5) is 28.7. The van der Waals surface area contributed by atoms with Gasteiger partial charge in [-0.05, 0) is 48.6 Å². The monoisotopic (exact) mass is 552 g/mol. The van der Waals surface area contributed by atoms with E-state index in [2.05, 4.69) is 10.1 Å². The van der Waals surface area contributed by atoms with Crippen LogP contribution in [0.15, 0.2) is 63.9 Å². The third-order valence-electron chi connectivity index (χ3n) is 5.51. The predicted octanol–water partition coefficient (Wildman–Crippen LogP) is 3.47. The molecule has 3 heterocycles. The van der Waals surface area contributed by atoms with Crippen LogP contribution >= 0.6 is 12.2 Å². The Morgan fingerprint density at radius 3 is 2.36 bits per heavy atom. The van der Waals surface area contributed by atoms with Crippen molar-refractivity contribution in [2.24, 2.45) is 12.1 Å². The number of hydrazone groups is 1. The summed E-state index contributed by atoms with van der Waals surface area (Å²) in [5, 5.41) is 23.6. The standard InChI is InChI=1S/C22H22N4O6.C4H6N2S/c1-30-11-9-25(10-12-31-2)20-8-7-17(32-20)13-18-19(14-23)24-26(21(18)27)16-5-3-15(4-6-16)22(28)29;1-6-3-2-5-4(6)7/h3-8,13H,9-12H2,1-2H3,(H,28,29);2-3H,1H3,(H,5,7). The number of carboxylic acid groups (broad SMARTS) is 1. The minimum absolute atomic E-state index is 0.0640. The number of aryl methyl sites for hydroxylation is 1. The summed E-state index contributed by atoms with van der Waals surface area (Å²) in [5.74, 6) is -0.634. The van der Waals surface area contributed by atoms with E-state index < -0.39 is 11.9 Å². The summed E-state index contributed by atoms with van der Waals surface area (Å²) in [5.41, 5.74) is 0.443. The number of ether oxygens (including phenoxy) is 2. The molecule has 1 aliphatic rings. The molecule has 2 aromatic heterocycles. The lowest BCUT2D eigenvalue weighted by atomic mass is 10.1. The van der Waals surface area contributed by atoms with Crippen LogP contribution in [0.3, 0.4) is 0 Å². The number of benzene rings is 1. The first-order valence-corrected chi connectivity index (χ1v) is 12.1. The first-order chi connectivity index (χ1) is 18.8. The lowest BCUT2D eigenvalue weighted by Crippen LogP contribution is -2.30. The number of nitriles is 1. The van der Waals surface area contributed by atoms with E-state index in [4.69, 9.17) is 31.2 Å². The van der Waals surface area contributed by atoms with Crippen LogP contribution in [0, 0.1) is 16.1 Å². The quantitative estimate of drug-likeness (QED) is 0.285. The maximum atomic E-state index is 12.9. The molecule has 0 atom stereocenters. The molecule has 0 fully saturated rings. The van der Waals surface area contributed by atoms with Crippen LogP contribution in [0.25, 0.3) is 6.08 Å². The molecule has 0 radical (unpaired) electrons. The number of aromatic nitrogens is 2. The number of nitrogens with one attached hydrogen (secondary N) is 1. The van der Waals surface area contributed by atoms with Crippen molar-refractivity contribution in [2.45, 2.75) is 0 Å². The third kappa shape index (κ3) is 7.51. The van der Waals surface area contributed by atoms with E-state index in [0.29, 0.717) is 43.6 Å². The molecule has 1 amide bonds. The minimum atomic E-state index is -1.08. The number of carbonyl (C=O) groups excluding carboxylic acids is 1. The van der Waals surface area contributed by atoms with Gasteiger partial charge in [0.05, 0.1) is 30.0 Å². The SMILES string of the molecule is COCCN(CCOC)c1ccc(C=C2C(=O)N(c3ccc(C(=O)O)cc3)N=C2C#N)o1.Cn1cc[nH]c1=S. The lowest BCUT2D eigenvalue weighted by Gasteiger charge is -2.20. The molecule has 1 aliphatic heterocycles. The smallest absolute Gasteiger partial charge is 0.335 e. The number of anilines is 2. The Kier molecular flexibility index (Phi) is 10.3. The molecule has 0 bridgehead atoms. The van der Waals surface area contributed by atoms with Crippen molar-refractivity contribution < 1.29 is 28.6 Å². The van der Waals surface area contributed by atoms with Gasteiger partial charge in [0, 0.05) is 52.8 Å². The second-order valence-corrected chi connectivity index (χ2v) is 8.50. The highest BCUT2D eigenvalue weighted by Gasteiger charge is 2.32. The maximum Gasteiger partial charge on any atom is 0.335 e. The van der Waals surface area contributed by atoms with Crippen LogP contribution in [0.1, 0.15) is 16.1 Å². The molecule has 0 spiro atoms. The minimum Gasteiger partial charge on any atom is -0.478 e. The highest BCUT2D eigenvalue weighted by Crippen LogP contribution is 2.27. The number of hydrogen-bond donors (Lipinski definition) is 2. The number of methoxy groups -OCH3 is 2. The first kappa shape index (κ1) is 29.1. The molecule has 4 rings (SSSR count).